The van der Waals surface area contributed by atoms with E-state index < -0.39 is 0 Å². The molecule has 0 saturated heterocycles. The van der Waals surface area contributed by atoms with E-state index in [1.165, 1.54) is 16.0 Å². The Morgan fingerprint density at radius 1 is 1.17 bits per heavy atom. The molecule has 158 valence electrons. The SMILES string of the molecule is CCC(C)N(Cc1ccccc1)C(=O)c1sc(-c2c(C)c(C)nn(C)c2=O)nc1C. The minimum absolute atomic E-state index is 0.0466. The first kappa shape index (κ1) is 21.9. The number of hydrogen-bond acceptors (Lipinski definition) is 5. The standard InChI is InChI=1S/C23H28N4O2S/c1-7-14(2)27(13-18-11-9-8-10-12-18)23(29)20-17(5)24-21(30-20)19-15(3)16(4)25-26(6)22(19)28/h8-12,14H,7,13H2,1-6H3. The summed E-state index contributed by atoms with van der Waals surface area (Å²) in [6.45, 7) is 10.3. The molecule has 1 unspecified atom stereocenters. The molecule has 0 aliphatic heterocycles. The molecule has 7 heteroatoms. The van der Waals surface area contributed by atoms with Gasteiger partial charge in [0.25, 0.3) is 11.5 Å². The molecule has 0 saturated carbocycles. The van der Waals surface area contributed by atoms with E-state index in [2.05, 4.69) is 23.9 Å². The van der Waals surface area contributed by atoms with E-state index in [0.29, 0.717) is 27.7 Å². The van der Waals surface area contributed by atoms with Gasteiger partial charge in [-0.05, 0) is 45.2 Å². The highest BCUT2D eigenvalue weighted by molar-refractivity contribution is 7.17. The second-order valence-corrected chi connectivity index (χ2v) is 8.62. The van der Waals surface area contributed by atoms with E-state index in [1.807, 2.05) is 56.0 Å². The number of rotatable bonds is 6. The molecule has 1 aromatic carbocycles. The number of hydrogen-bond donors (Lipinski definition) is 0. The van der Waals surface area contributed by atoms with Gasteiger partial charge in [0.15, 0.2) is 0 Å². The molecule has 1 atom stereocenters. The van der Waals surface area contributed by atoms with Gasteiger partial charge in [0.05, 0.1) is 17.0 Å². The van der Waals surface area contributed by atoms with Gasteiger partial charge in [-0.15, -0.1) is 11.3 Å². The monoisotopic (exact) mass is 424 g/mol. The molecule has 0 bridgehead atoms. The van der Waals surface area contributed by atoms with Gasteiger partial charge in [-0.25, -0.2) is 9.67 Å². The lowest BCUT2D eigenvalue weighted by molar-refractivity contribution is 0.0675. The molecule has 6 nitrogen and oxygen atoms in total. The molecule has 30 heavy (non-hydrogen) atoms. The highest BCUT2D eigenvalue weighted by Gasteiger charge is 2.26. The van der Waals surface area contributed by atoms with Gasteiger partial charge >= 0.3 is 0 Å². The van der Waals surface area contributed by atoms with Crippen LogP contribution < -0.4 is 5.56 Å². The predicted octanol–water partition coefficient (Wildman–Crippen LogP) is 4.27. The lowest BCUT2D eigenvalue weighted by atomic mass is 10.1. The van der Waals surface area contributed by atoms with Gasteiger partial charge in [0, 0.05) is 19.6 Å². The molecule has 1 amide bonds. The molecule has 0 spiro atoms. The van der Waals surface area contributed by atoms with Crippen molar-refractivity contribution in [2.75, 3.05) is 0 Å². The Morgan fingerprint density at radius 2 is 1.83 bits per heavy atom. The summed E-state index contributed by atoms with van der Waals surface area (Å²) in [6.07, 6.45) is 0.854. The molecule has 3 aromatic rings. The molecule has 3 rings (SSSR count). The van der Waals surface area contributed by atoms with Crippen LogP contribution in [0.3, 0.4) is 0 Å². The second kappa shape index (κ2) is 8.92. The van der Waals surface area contributed by atoms with Crippen LogP contribution in [0.15, 0.2) is 35.1 Å². The third kappa shape index (κ3) is 4.21. The van der Waals surface area contributed by atoms with Crippen LogP contribution in [0.2, 0.25) is 0 Å². The van der Waals surface area contributed by atoms with E-state index in [4.69, 9.17) is 0 Å². The fourth-order valence-corrected chi connectivity index (χ4v) is 4.48. The quantitative estimate of drug-likeness (QED) is 0.593. The topological polar surface area (TPSA) is 68.1 Å². The van der Waals surface area contributed by atoms with Gasteiger partial charge in [0.1, 0.15) is 9.88 Å². The average Bonchev–Trinajstić information content (AvgIpc) is 3.11. The number of amides is 1. The van der Waals surface area contributed by atoms with Crippen LogP contribution in [-0.2, 0) is 13.6 Å². The van der Waals surface area contributed by atoms with Crippen LogP contribution in [0.1, 0.15) is 52.5 Å². The maximum atomic E-state index is 13.5. The van der Waals surface area contributed by atoms with Crippen LogP contribution in [0.5, 0.6) is 0 Å². The first-order valence-corrected chi connectivity index (χ1v) is 10.9. The van der Waals surface area contributed by atoms with Gasteiger partial charge < -0.3 is 4.90 Å². The Kier molecular flexibility index (Phi) is 6.51. The zero-order valence-corrected chi connectivity index (χ0v) is 19.2. The van der Waals surface area contributed by atoms with Crippen LogP contribution >= 0.6 is 11.3 Å². The minimum Gasteiger partial charge on any atom is -0.331 e. The van der Waals surface area contributed by atoms with Gasteiger partial charge in [-0.1, -0.05) is 37.3 Å². The number of thiazole rings is 1. The van der Waals surface area contributed by atoms with E-state index in [0.717, 1.165) is 23.2 Å². The molecular weight excluding hydrogens is 396 g/mol. The van der Waals surface area contributed by atoms with Crippen molar-refractivity contribution in [3.05, 3.63) is 68.1 Å². The fourth-order valence-electron chi connectivity index (χ4n) is 3.36. The summed E-state index contributed by atoms with van der Waals surface area (Å²) in [7, 11) is 1.63. The zero-order chi connectivity index (χ0) is 22.0. The van der Waals surface area contributed by atoms with Crippen molar-refractivity contribution in [2.45, 2.75) is 53.6 Å². The normalized spacial score (nSPS) is 12.1. The lowest BCUT2D eigenvalue weighted by Gasteiger charge is -2.28. The van der Waals surface area contributed by atoms with Crippen LogP contribution in [0.25, 0.3) is 10.6 Å². The fraction of sp³-hybridized carbons (Fsp3) is 0.391. The molecule has 0 N–H and O–H groups in total. The second-order valence-electron chi connectivity index (χ2n) is 7.62. The largest absolute Gasteiger partial charge is 0.331 e. The Hall–Kier alpha value is -2.80. The van der Waals surface area contributed by atoms with Crippen molar-refractivity contribution < 1.29 is 4.79 Å². The number of nitrogens with zero attached hydrogens (tertiary/aromatic N) is 4. The number of aromatic nitrogens is 3. The highest BCUT2D eigenvalue weighted by atomic mass is 32.1. The number of aryl methyl sites for hydroxylation is 3. The molecule has 0 aliphatic carbocycles. The summed E-state index contributed by atoms with van der Waals surface area (Å²) < 4.78 is 1.33. The van der Waals surface area contributed by atoms with E-state index in [9.17, 15) is 9.59 Å². The Morgan fingerprint density at radius 3 is 2.47 bits per heavy atom. The maximum Gasteiger partial charge on any atom is 0.277 e. The Labute approximate surface area is 181 Å². The van der Waals surface area contributed by atoms with Crippen LogP contribution in [0.4, 0.5) is 0 Å². The Bertz CT molecular complexity index is 1120. The van der Waals surface area contributed by atoms with Crippen LogP contribution in [-0.4, -0.2) is 31.6 Å². The molecule has 2 aromatic heterocycles. The van der Waals surface area contributed by atoms with E-state index >= 15 is 0 Å². The summed E-state index contributed by atoms with van der Waals surface area (Å²) in [5, 5.41) is 4.81. The molecule has 2 heterocycles. The number of carbonyl (C=O) groups is 1. The summed E-state index contributed by atoms with van der Waals surface area (Å²) in [4.78, 5) is 33.3. The van der Waals surface area contributed by atoms with E-state index in [-0.39, 0.29) is 17.5 Å². The Balaban J connectivity index is 2.03. The maximum absolute atomic E-state index is 13.5. The summed E-state index contributed by atoms with van der Waals surface area (Å²) in [5.74, 6) is -0.0466. The number of benzene rings is 1. The van der Waals surface area contributed by atoms with Gasteiger partial charge in [-0.2, -0.15) is 5.10 Å². The minimum atomic E-state index is -0.200. The summed E-state index contributed by atoms with van der Waals surface area (Å²) in [5.41, 5.74) is 3.64. The van der Waals surface area contributed by atoms with Crippen molar-refractivity contribution in [2.24, 2.45) is 7.05 Å². The molecule has 0 radical (unpaired) electrons. The van der Waals surface area contributed by atoms with Crippen molar-refractivity contribution in [3.8, 4) is 10.6 Å². The molecule has 0 aliphatic rings. The zero-order valence-electron chi connectivity index (χ0n) is 18.4. The first-order valence-electron chi connectivity index (χ1n) is 10.1. The average molecular weight is 425 g/mol. The van der Waals surface area contributed by atoms with Crippen LogP contribution in [0, 0.1) is 20.8 Å². The third-order valence-electron chi connectivity index (χ3n) is 5.51. The van der Waals surface area contributed by atoms with Crippen molar-refractivity contribution >= 4 is 17.2 Å². The molecule has 0 fully saturated rings. The summed E-state index contributed by atoms with van der Waals surface area (Å²) >= 11 is 1.29. The lowest BCUT2D eigenvalue weighted by Crippen LogP contribution is -2.37. The number of carbonyl (C=O) groups excluding carboxylic acids is 1. The van der Waals surface area contributed by atoms with Crippen molar-refractivity contribution in [1.82, 2.24) is 19.7 Å². The summed E-state index contributed by atoms with van der Waals surface area (Å²) in [6, 6.07) is 10.1. The van der Waals surface area contributed by atoms with Gasteiger partial charge in [0.2, 0.25) is 0 Å². The van der Waals surface area contributed by atoms with Crippen molar-refractivity contribution in [1.29, 1.82) is 0 Å². The van der Waals surface area contributed by atoms with Crippen molar-refractivity contribution in [3.63, 3.8) is 0 Å². The van der Waals surface area contributed by atoms with E-state index in [1.54, 1.807) is 7.05 Å². The smallest absolute Gasteiger partial charge is 0.277 e. The third-order valence-corrected chi connectivity index (χ3v) is 6.67. The molecular formula is C23H28N4O2S. The highest BCUT2D eigenvalue weighted by Crippen LogP contribution is 2.30. The predicted molar refractivity (Wildman–Crippen MR) is 121 cm³/mol. The first-order chi connectivity index (χ1) is 14.2. The van der Waals surface area contributed by atoms with Gasteiger partial charge in [-0.3, -0.25) is 9.59 Å².